The van der Waals surface area contributed by atoms with E-state index in [2.05, 4.69) is 0 Å². The van der Waals surface area contributed by atoms with Crippen molar-refractivity contribution < 1.29 is 13.2 Å². The summed E-state index contributed by atoms with van der Waals surface area (Å²) in [7, 11) is -0.143. The lowest BCUT2D eigenvalue weighted by molar-refractivity contribution is 0.414. The molecule has 0 aliphatic rings. The molecule has 0 saturated heterocycles. The van der Waals surface area contributed by atoms with Gasteiger partial charge in [-0.3, -0.25) is 4.31 Å². The third-order valence-electron chi connectivity index (χ3n) is 2.70. The summed E-state index contributed by atoms with van der Waals surface area (Å²) in [5.41, 5.74) is 1.65. The highest BCUT2D eigenvalue weighted by molar-refractivity contribution is 7.92. The highest BCUT2D eigenvalue weighted by atomic mass is 32.2. The number of ether oxygens (including phenoxy) is 1. The van der Waals surface area contributed by atoms with Crippen molar-refractivity contribution in [3.63, 3.8) is 0 Å². The van der Waals surface area contributed by atoms with Gasteiger partial charge in [-0.15, -0.1) is 0 Å². The Morgan fingerprint density at radius 3 is 2.29 bits per heavy atom. The monoisotopic (exact) mass is 257 g/mol. The molecule has 0 atom stereocenters. The molecule has 0 N–H and O–H groups in total. The van der Waals surface area contributed by atoms with Crippen LogP contribution in [0.2, 0.25) is 0 Å². The fourth-order valence-corrected chi connectivity index (χ4v) is 2.11. The lowest BCUT2D eigenvalue weighted by Gasteiger charge is -2.22. The summed E-state index contributed by atoms with van der Waals surface area (Å²) in [5.74, 6) is 0.903. The van der Waals surface area contributed by atoms with Crippen molar-refractivity contribution in [1.29, 1.82) is 0 Å². The van der Waals surface area contributed by atoms with Crippen molar-refractivity contribution in [2.75, 3.05) is 24.7 Å². The van der Waals surface area contributed by atoms with E-state index in [-0.39, 0.29) is 5.92 Å². The molecule has 0 aliphatic carbocycles. The van der Waals surface area contributed by atoms with E-state index in [1.807, 2.05) is 26.0 Å². The predicted octanol–water partition coefficient (Wildman–Crippen LogP) is 2.21. The predicted molar refractivity (Wildman–Crippen MR) is 70.3 cm³/mol. The average Bonchev–Trinajstić information content (AvgIpc) is 2.25. The molecule has 0 aromatic heterocycles. The first-order valence-electron chi connectivity index (χ1n) is 5.39. The third kappa shape index (κ3) is 3.12. The van der Waals surface area contributed by atoms with Gasteiger partial charge in [0, 0.05) is 13.1 Å². The summed E-state index contributed by atoms with van der Waals surface area (Å²) >= 11 is 0. The zero-order chi connectivity index (χ0) is 13.2. The molecule has 96 valence electrons. The van der Waals surface area contributed by atoms with Gasteiger partial charge in [-0.2, -0.15) is 0 Å². The number of sulfonamides is 1. The normalized spacial score (nSPS) is 11.6. The van der Waals surface area contributed by atoms with Crippen LogP contribution in [0.4, 0.5) is 5.69 Å². The second-order valence-electron chi connectivity index (χ2n) is 4.31. The van der Waals surface area contributed by atoms with E-state index in [0.29, 0.717) is 11.4 Å². The zero-order valence-corrected chi connectivity index (χ0v) is 11.7. The summed E-state index contributed by atoms with van der Waals surface area (Å²) < 4.78 is 29.6. The van der Waals surface area contributed by atoms with Crippen LogP contribution in [0.5, 0.6) is 5.75 Å². The van der Waals surface area contributed by atoms with Crippen LogP contribution < -0.4 is 9.04 Å². The van der Waals surface area contributed by atoms with Crippen LogP contribution in [0.1, 0.15) is 25.3 Å². The quantitative estimate of drug-likeness (QED) is 0.831. The molecule has 1 rings (SSSR count). The lowest BCUT2D eigenvalue weighted by Crippen LogP contribution is -2.26. The molecule has 0 spiro atoms. The zero-order valence-electron chi connectivity index (χ0n) is 10.9. The molecular formula is C12H19NO3S. The Balaban J connectivity index is 3.37. The number of methoxy groups -OCH3 is 1. The van der Waals surface area contributed by atoms with E-state index in [1.54, 1.807) is 20.2 Å². The Labute approximate surface area is 103 Å². The van der Waals surface area contributed by atoms with Crippen molar-refractivity contribution in [3.8, 4) is 5.75 Å². The van der Waals surface area contributed by atoms with Gasteiger partial charge < -0.3 is 4.74 Å². The first-order valence-corrected chi connectivity index (χ1v) is 7.24. The van der Waals surface area contributed by atoms with Crippen LogP contribution in [0, 0.1) is 0 Å². The molecule has 4 nitrogen and oxygen atoms in total. The Morgan fingerprint density at radius 1 is 1.29 bits per heavy atom. The van der Waals surface area contributed by atoms with Crippen molar-refractivity contribution >= 4 is 15.7 Å². The molecule has 0 bridgehead atoms. The van der Waals surface area contributed by atoms with Crippen molar-refractivity contribution in [3.05, 3.63) is 23.8 Å². The number of rotatable bonds is 4. The number of benzene rings is 1. The van der Waals surface area contributed by atoms with Crippen molar-refractivity contribution in [2.45, 2.75) is 19.8 Å². The van der Waals surface area contributed by atoms with Gasteiger partial charge in [0.2, 0.25) is 10.0 Å². The molecule has 5 heteroatoms. The van der Waals surface area contributed by atoms with E-state index < -0.39 is 10.0 Å². The van der Waals surface area contributed by atoms with E-state index >= 15 is 0 Å². The summed E-state index contributed by atoms with van der Waals surface area (Å²) in [6, 6.07) is 5.49. The summed E-state index contributed by atoms with van der Waals surface area (Å²) in [6.07, 6.45) is 1.19. The highest BCUT2D eigenvalue weighted by Gasteiger charge is 2.18. The molecule has 1 aromatic rings. The van der Waals surface area contributed by atoms with Gasteiger partial charge in [-0.25, -0.2) is 8.42 Å². The lowest BCUT2D eigenvalue weighted by atomic mass is 10.0. The molecular weight excluding hydrogens is 238 g/mol. The molecule has 17 heavy (non-hydrogen) atoms. The first-order chi connectivity index (χ1) is 7.77. The molecule has 0 saturated carbocycles. The fraction of sp³-hybridized carbons (Fsp3) is 0.500. The molecule has 0 amide bonds. The van der Waals surface area contributed by atoms with Gasteiger partial charge in [-0.1, -0.05) is 19.9 Å². The minimum absolute atomic E-state index is 0.250. The second-order valence-corrected chi connectivity index (χ2v) is 6.32. The average molecular weight is 257 g/mol. The van der Waals surface area contributed by atoms with Gasteiger partial charge in [0.15, 0.2) is 0 Å². The van der Waals surface area contributed by atoms with Crippen molar-refractivity contribution in [1.82, 2.24) is 0 Å². The Kier molecular flexibility index (Phi) is 4.03. The van der Waals surface area contributed by atoms with Gasteiger partial charge in [0.05, 0.1) is 19.1 Å². The SMILES string of the molecule is COc1ccc(C(C)C)c(N(C)S(C)(=O)=O)c1. The Morgan fingerprint density at radius 2 is 1.88 bits per heavy atom. The van der Waals surface area contributed by atoms with Crippen LogP contribution >= 0.6 is 0 Å². The van der Waals surface area contributed by atoms with Gasteiger partial charge in [0.1, 0.15) is 5.75 Å². The second kappa shape index (κ2) is 4.96. The van der Waals surface area contributed by atoms with Crippen LogP contribution in [0.15, 0.2) is 18.2 Å². The molecule has 1 aromatic carbocycles. The highest BCUT2D eigenvalue weighted by Crippen LogP contribution is 2.31. The fourth-order valence-electron chi connectivity index (χ4n) is 1.59. The van der Waals surface area contributed by atoms with E-state index in [1.165, 1.54) is 10.6 Å². The summed E-state index contributed by atoms with van der Waals surface area (Å²) in [4.78, 5) is 0. The van der Waals surface area contributed by atoms with Gasteiger partial charge in [0.25, 0.3) is 0 Å². The maximum absolute atomic E-state index is 11.6. The third-order valence-corrected chi connectivity index (χ3v) is 3.89. The molecule has 0 aliphatic heterocycles. The van der Waals surface area contributed by atoms with Crippen LogP contribution in [0.25, 0.3) is 0 Å². The maximum atomic E-state index is 11.6. The number of nitrogens with zero attached hydrogens (tertiary/aromatic N) is 1. The molecule has 0 radical (unpaired) electrons. The Hall–Kier alpha value is -1.23. The standard InChI is InChI=1S/C12H19NO3S/c1-9(2)11-7-6-10(16-4)8-12(11)13(3)17(5,14)15/h6-9H,1-5H3. The van der Waals surface area contributed by atoms with Crippen LogP contribution in [-0.2, 0) is 10.0 Å². The van der Waals surface area contributed by atoms with Gasteiger partial charge >= 0.3 is 0 Å². The van der Waals surface area contributed by atoms with Crippen molar-refractivity contribution in [2.24, 2.45) is 0 Å². The minimum Gasteiger partial charge on any atom is -0.497 e. The van der Waals surface area contributed by atoms with E-state index in [4.69, 9.17) is 4.74 Å². The maximum Gasteiger partial charge on any atom is 0.232 e. The van der Waals surface area contributed by atoms with Crippen LogP contribution in [0.3, 0.4) is 0 Å². The summed E-state index contributed by atoms with van der Waals surface area (Å²) in [5, 5.41) is 0. The molecule has 0 heterocycles. The molecule has 0 unspecified atom stereocenters. The van der Waals surface area contributed by atoms with Crippen LogP contribution in [-0.4, -0.2) is 28.8 Å². The van der Waals surface area contributed by atoms with Gasteiger partial charge in [-0.05, 0) is 17.5 Å². The topological polar surface area (TPSA) is 46.6 Å². The number of anilines is 1. The Bertz CT molecular complexity index is 494. The number of hydrogen-bond acceptors (Lipinski definition) is 3. The summed E-state index contributed by atoms with van der Waals surface area (Å²) in [6.45, 7) is 4.06. The number of hydrogen-bond donors (Lipinski definition) is 0. The largest absolute Gasteiger partial charge is 0.497 e. The van der Waals surface area contributed by atoms with E-state index in [0.717, 1.165) is 5.56 Å². The smallest absolute Gasteiger partial charge is 0.232 e. The minimum atomic E-state index is -3.26. The first kappa shape index (κ1) is 13.8. The molecule has 0 fully saturated rings. The van der Waals surface area contributed by atoms with E-state index in [9.17, 15) is 8.42 Å².